The SMILES string of the molecule is CCN1CCN(C(=O)NC(C(=O)N[C@@H]2C(=O)N3C(C(=O)O)=C(CSc4cc(SCC(=N)N)ncn4)CS[C@@H]23)c2ccccc2)C(=O)C1=O. The van der Waals surface area contributed by atoms with Crippen molar-refractivity contribution in [2.75, 3.05) is 36.9 Å². The number of β-lactam (4-membered cyclic amide) rings is 1. The van der Waals surface area contributed by atoms with Crippen LogP contribution in [0.2, 0.25) is 0 Å². The quantitative estimate of drug-likeness (QED) is 0.0504. The third kappa shape index (κ3) is 7.42. The number of aliphatic carboxylic acids is 1. The number of thioether (sulfide) groups is 3. The second-order valence-electron chi connectivity index (χ2n) is 10.6. The summed E-state index contributed by atoms with van der Waals surface area (Å²) >= 11 is 3.83. The number of urea groups is 1. The van der Waals surface area contributed by atoms with E-state index in [9.17, 15) is 33.9 Å². The van der Waals surface area contributed by atoms with Crippen LogP contribution in [0.25, 0.3) is 0 Å². The molecule has 5 rings (SSSR count). The molecule has 48 heavy (non-hydrogen) atoms. The number of carbonyl (C=O) groups excluding carboxylic acids is 5. The average molecular weight is 714 g/mol. The van der Waals surface area contributed by atoms with Crippen molar-refractivity contribution in [1.29, 1.82) is 5.41 Å². The normalized spacial score (nSPS) is 19.8. The molecular weight excluding hydrogens is 683 g/mol. The molecule has 3 aliphatic heterocycles. The van der Waals surface area contributed by atoms with Gasteiger partial charge < -0.3 is 26.4 Å². The molecule has 19 heteroatoms. The molecule has 0 saturated carbocycles. The van der Waals surface area contributed by atoms with E-state index < -0.39 is 53.1 Å². The Kier molecular flexibility index (Phi) is 10.9. The summed E-state index contributed by atoms with van der Waals surface area (Å²) in [4.78, 5) is 89.1. The highest BCUT2D eigenvalue weighted by Gasteiger charge is 2.54. The third-order valence-electron chi connectivity index (χ3n) is 7.53. The monoisotopic (exact) mass is 713 g/mol. The molecule has 16 nitrogen and oxygen atoms in total. The van der Waals surface area contributed by atoms with Gasteiger partial charge in [0.2, 0.25) is 5.91 Å². The van der Waals surface area contributed by atoms with Gasteiger partial charge in [0.25, 0.3) is 5.91 Å². The minimum Gasteiger partial charge on any atom is -0.477 e. The van der Waals surface area contributed by atoms with Crippen molar-refractivity contribution in [2.45, 2.75) is 34.4 Å². The second kappa shape index (κ2) is 15.1. The van der Waals surface area contributed by atoms with E-state index in [1.54, 1.807) is 43.3 Å². The van der Waals surface area contributed by atoms with Crippen LogP contribution in [-0.2, 0) is 24.0 Å². The van der Waals surface area contributed by atoms with Crippen LogP contribution < -0.4 is 16.4 Å². The molecule has 6 amide bonds. The number of amides is 6. The van der Waals surface area contributed by atoms with E-state index in [1.165, 1.54) is 46.5 Å². The fraction of sp³-hybridized carbons (Fsp3) is 0.345. The molecule has 3 atom stereocenters. The molecule has 6 N–H and O–H groups in total. The van der Waals surface area contributed by atoms with Crippen molar-refractivity contribution in [3.8, 4) is 0 Å². The summed E-state index contributed by atoms with van der Waals surface area (Å²) in [6, 6.07) is 6.57. The molecule has 3 aliphatic rings. The number of fused-ring (bicyclic) bond motifs is 1. The molecule has 2 fully saturated rings. The predicted octanol–water partition coefficient (Wildman–Crippen LogP) is 0.477. The predicted molar refractivity (Wildman–Crippen MR) is 177 cm³/mol. The van der Waals surface area contributed by atoms with Crippen molar-refractivity contribution in [1.82, 2.24) is 35.3 Å². The molecule has 0 spiro atoms. The number of carboxylic acids is 1. The van der Waals surface area contributed by atoms with Gasteiger partial charge in [-0.2, -0.15) is 0 Å². The topological polar surface area (TPSA) is 232 Å². The molecule has 2 saturated heterocycles. The number of amidine groups is 1. The van der Waals surface area contributed by atoms with Crippen LogP contribution in [-0.4, -0.2) is 120 Å². The Morgan fingerprint density at radius 2 is 1.81 bits per heavy atom. The Hall–Kier alpha value is -4.62. The highest BCUT2D eigenvalue weighted by Crippen LogP contribution is 2.41. The van der Waals surface area contributed by atoms with Gasteiger partial charge in [-0.1, -0.05) is 42.1 Å². The minimum atomic E-state index is -1.32. The summed E-state index contributed by atoms with van der Waals surface area (Å²) < 4.78 is 0. The van der Waals surface area contributed by atoms with E-state index in [1.807, 2.05) is 0 Å². The number of imide groups is 1. The lowest BCUT2D eigenvalue weighted by atomic mass is 10.0. The number of aromatic nitrogens is 2. The van der Waals surface area contributed by atoms with Gasteiger partial charge in [0, 0.05) is 37.2 Å². The fourth-order valence-corrected chi connectivity index (χ4v) is 8.19. The lowest BCUT2D eigenvalue weighted by Crippen LogP contribution is -2.71. The zero-order valence-electron chi connectivity index (χ0n) is 25.5. The lowest BCUT2D eigenvalue weighted by Gasteiger charge is -2.49. The van der Waals surface area contributed by atoms with Gasteiger partial charge in [0.15, 0.2) is 0 Å². The summed E-state index contributed by atoms with van der Waals surface area (Å²) in [5.41, 5.74) is 6.12. The van der Waals surface area contributed by atoms with E-state index >= 15 is 0 Å². The summed E-state index contributed by atoms with van der Waals surface area (Å²) in [5, 5.41) is 23.1. The molecule has 1 aromatic heterocycles. The first-order valence-corrected chi connectivity index (χ1v) is 17.6. The van der Waals surface area contributed by atoms with Crippen LogP contribution in [0.3, 0.4) is 0 Å². The molecule has 1 unspecified atom stereocenters. The van der Waals surface area contributed by atoms with Crippen LogP contribution >= 0.6 is 35.3 Å². The standard InChI is InChI=1S/C29H31N9O7S3/c1-2-36-8-9-37(26(42)25(36)41)29(45)35-20(15-6-4-3-5-7-15)23(39)34-21-24(40)38-22(28(43)44)16(12-48-27(21)38)11-46-18-10-19(33-14-32-18)47-13-17(30)31/h3-7,10,14,20-21,27H,2,8-9,11-13H2,1H3,(H3,30,31)(H,34,39)(H,35,45)(H,43,44)/t20?,21-,27+/m1/s1. The smallest absolute Gasteiger partial charge is 0.352 e. The average Bonchev–Trinajstić information content (AvgIpc) is 3.08. The van der Waals surface area contributed by atoms with Crippen molar-refractivity contribution in [3.63, 3.8) is 0 Å². The molecule has 4 heterocycles. The van der Waals surface area contributed by atoms with Crippen LogP contribution in [0.4, 0.5) is 4.79 Å². The molecule has 252 valence electrons. The number of piperazine rings is 1. The number of benzene rings is 1. The maximum absolute atomic E-state index is 13.6. The first-order chi connectivity index (χ1) is 23.0. The maximum Gasteiger partial charge on any atom is 0.352 e. The van der Waals surface area contributed by atoms with Gasteiger partial charge in [-0.05, 0) is 18.1 Å². The number of likely N-dealkylation sites (N-methyl/N-ethyl adjacent to an activating group) is 1. The van der Waals surface area contributed by atoms with Gasteiger partial charge in [0.05, 0.1) is 5.75 Å². The number of carbonyl (C=O) groups is 6. The Morgan fingerprint density at radius 3 is 2.48 bits per heavy atom. The number of hydrogen-bond acceptors (Lipinski definition) is 12. The number of nitrogens with zero attached hydrogens (tertiary/aromatic N) is 5. The van der Waals surface area contributed by atoms with E-state index in [2.05, 4.69) is 20.6 Å². The summed E-state index contributed by atoms with van der Waals surface area (Å²) in [7, 11) is 0. The molecule has 0 aliphatic carbocycles. The third-order valence-corrected chi connectivity index (χ3v) is 10.9. The van der Waals surface area contributed by atoms with E-state index in [-0.39, 0.29) is 41.9 Å². The first-order valence-electron chi connectivity index (χ1n) is 14.6. The van der Waals surface area contributed by atoms with E-state index in [4.69, 9.17) is 11.1 Å². The number of hydrogen-bond donors (Lipinski definition) is 5. The van der Waals surface area contributed by atoms with Crippen molar-refractivity contribution in [2.24, 2.45) is 5.73 Å². The maximum atomic E-state index is 13.6. The fourth-order valence-electron chi connectivity index (χ4n) is 5.14. The van der Waals surface area contributed by atoms with Crippen molar-refractivity contribution < 1.29 is 33.9 Å². The first kappa shape index (κ1) is 34.7. The lowest BCUT2D eigenvalue weighted by molar-refractivity contribution is -0.153. The molecule has 1 aromatic carbocycles. The van der Waals surface area contributed by atoms with Crippen molar-refractivity contribution >= 4 is 76.8 Å². The zero-order chi connectivity index (χ0) is 34.5. The molecule has 2 aromatic rings. The number of nitrogens with two attached hydrogens (primary N) is 1. The van der Waals surface area contributed by atoms with Crippen LogP contribution in [0, 0.1) is 5.41 Å². The number of carboxylic acid groups (broad SMARTS) is 1. The number of rotatable bonds is 12. The summed E-state index contributed by atoms with van der Waals surface area (Å²) in [5.74, 6) is -3.73. The Morgan fingerprint density at radius 1 is 1.10 bits per heavy atom. The van der Waals surface area contributed by atoms with Crippen LogP contribution in [0.5, 0.6) is 0 Å². The highest BCUT2D eigenvalue weighted by molar-refractivity contribution is 8.01. The van der Waals surface area contributed by atoms with Gasteiger partial charge in [-0.25, -0.2) is 19.6 Å². The van der Waals surface area contributed by atoms with Crippen molar-refractivity contribution in [3.05, 3.63) is 59.6 Å². The Bertz CT molecular complexity index is 1690. The largest absolute Gasteiger partial charge is 0.477 e. The van der Waals surface area contributed by atoms with Crippen LogP contribution in [0.15, 0.2) is 64.0 Å². The van der Waals surface area contributed by atoms with E-state index in [0.717, 1.165) is 9.80 Å². The van der Waals surface area contributed by atoms with Gasteiger partial charge >= 0.3 is 23.8 Å². The molecular formula is C29H31N9O7S3. The second-order valence-corrected chi connectivity index (χ2v) is 13.7. The Labute approximate surface area is 287 Å². The van der Waals surface area contributed by atoms with Gasteiger partial charge in [-0.15, -0.1) is 23.5 Å². The zero-order valence-corrected chi connectivity index (χ0v) is 27.9. The number of nitrogens with one attached hydrogen (secondary N) is 3. The minimum absolute atomic E-state index is 0.00198. The van der Waals surface area contributed by atoms with Crippen LogP contribution in [0.1, 0.15) is 18.5 Å². The summed E-state index contributed by atoms with van der Waals surface area (Å²) in [6.07, 6.45) is 1.37. The summed E-state index contributed by atoms with van der Waals surface area (Å²) in [6.45, 7) is 2.13. The highest BCUT2D eigenvalue weighted by atomic mass is 32.2. The van der Waals surface area contributed by atoms with Gasteiger partial charge in [0.1, 0.15) is 45.4 Å². The molecule has 0 radical (unpaired) electrons. The Balaban J connectivity index is 1.27. The molecule has 0 bridgehead atoms. The van der Waals surface area contributed by atoms with Gasteiger partial charge in [-0.3, -0.25) is 34.4 Å². The van der Waals surface area contributed by atoms with E-state index in [0.29, 0.717) is 27.7 Å².